The SMILES string of the molecule is O=C(/C=C/c1ccc(Cn2cc([N+](=O)[O-])cn2)o1)c1ccc(Cl)s1. The number of furan rings is 1. The molecule has 122 valence electrons. The fourth-order valence-electron chi connectivity index (χ4n) is 1.95. The van der Waals surface area contributed by atoms with Gasteiger partial charge in [-0.3, -0.25) is 19.6 Å². The van der Waals surface area contributed by atoms with Crippen molar-refractivity contribution in [2.75, 3.05) is 0 Å². The largest absolute Gasteiger partial charge is 0.460 e. The molecule has 0 amide bonds. The summed E-state index contributed by atoms with van der Waals surface area (Å²) in [6, 6.07) is 6.76. The fourth-order valence-corrected chi connectivity index (χ4v) is 2.91. The van der Waals surface area contributed by atoms with Crippen molar-refractivity contribution in [3.63, 3.8) is 0 Å². The highest BCUT2D eigenvalue weighted by atomic mass is 35.5. The normalized spacial score (nSPS) is 11.2. The Labute approximate surface area is 144 Å². The molecule has 7 nitrogen and oxygen atoms in total. The van der Waals surface area contributed by atoms with E-state index in [2.05, 4.69) is 5.10 Å². The van der Waals surface area contributed by atoms with E-state index in [1.807, 2.05) is 0 Å². The lowest BCUT2D eigenvalue weighted by atomic mass is 10.3. The van der Waals surface area contributed by atoms with Crippen LogP contribution in [-0.4, -0.2) is 20.5 Å². The highest BCUT2D eigenvalue weighted by Gasteiger charge is 2.10. The van der Waals surface area contributed by atoms with Crippen molar-refractivity contribution >= 4 is 40.5 Å². The smallest absolute Gasteiger partial charge is 0.307 e. The van der Waals surface area contributed by atoms with Gasteiger partial charge in [-0.2, -0.15) is 5.10 Å². The summed E-state index contributed by atoms with van der Waals surface area (Å²) in [4.78, 5) is 22.6. The summed E-state index contributed by atoms with van der Waals surface area (Å²) in [5.74, 6) is 0.912. The zero-order valence-corrected chi connectivity index (χ0v) is 13.7. The van der Waals surface area contributed by atoms with E-state index in [-0.39, 0.29) is 18.0 Å². The molecule has 3 rings (SSSR count). The zero-order valence-electron chi connectivity index (χ0n) is 12.1. The molecule has 0 saturated carbocycles. The Hall–Kier alpha value is -2.71. The summed E-state index contributed by atoms with van der Waals surface area (Å²) in [7, 11) is 0. The van der Waals surface area contributed by atoms with Gasteiger partial charge in [0.2, 0.25) is 0 Å². The van der Waals surface area contributed by atoms with Gasteiger partial charge in [0.1, 0.15) is 23.9 Å². The summed E-state index contributed by atoms with van der Waals surface area (Å²) in [6.45, 7) is 0.260. The first kappa shape index (κ1) is 16.2. The minimum Gasteiger partial charge on any atom is -0.460 e. The predicted octanol–water partition coefficient (Wildman–Crippen LogP) is 4.04. The molecule has 9 heteroatoms. The second-order valence-corrected chi connectivity index (χ2v) is 6.47. The lowest BCUT2D eigenvalue weighted by Gasteiger charge is -1.95. The van der Waals surface area contributed by atoms with Gasteiger partial charge in [-0.1, -0.05) is 11.6 Å². The number of nitro groups is 1. The topological polar surface area (TPSA) is 91.2 Å². The molecular weight excluding hydrogens is 354 g/mol. The van der Waals surface area contributed by atoms with Crippen LogP contribution in [0.1, 0.15) is 21.2 Å². The van der Waals surface area contributed by atoms with Crippen LogP contribution in [-0.2, 0) is 6.54 Å². The van der Waals surface area contributed by atoms with Gasteiger partial charge in [0, 0.05) is 0 Å². The van der Waals surface area contributed by atoms with Crippen LogP contribution in [0.3, 0.4) is 0 Å². The molecule has 0 unspecified atom stereocenters. The predicted molar refractivity (Wildman–Crippen MR) is 89.4 cm³/mol. The van der Waals surface area contributed by atoms with Gasteiger partial charge in [-0.25, -0.2) is 0 Å². The molecule has 0 aliphatic rings. The second-order valence-electron chi connectivity index (χ2n) is 4.76. The van der Waals surface area contributed by atoms with Crippen LogP contribution in [0.25, 0.3) is 6.08 Å². The molecular formula is C15H10ClN3O4S. The standard InChI is InChI=1S/C15H10ClN3O4S/c16-15-6-5-14(24-15)13(20)4-3-11-1-2-12(23-11)9-18-8-10(7-17-18)19(21)22/h1-8H,9H2/b4-3+. The lowest BCUT2D eigenvalue weighted by Crippen LogP contribution is -1.98. The molecule has 3 aromatic heterocycles. The average Bonchev–Trinajstić information content (AvgIpc) is 3.26. The summed E-state index contributed by atoms with van der Waals surface area (Å²) in [6.07, 6.45) is 5.46. The molecule has 24 heavy (non-hydrogen) atoms. The van der Waals surface area contributed by atoms with Gasteiger partial charge in [0.15, 0.2) is 5.78 Å². The highest BCUT2D eigenvalue weighted by molar-refractivity contribution is 7.18. The number of allylic oxidation sites excluding steroid dienone is 1. The number of rotatable bonds is 6. The van der Waals surface area contributed by atoms with Crippen LogP contribution in [0, 0.1) is 10.1 Å². The number of aromatic nitrogens is 2. The molecule has 0 saturated heterocycles. The van der Waals surface area contributed by atoms with Crippen LogP contribution in [0.5, 0.6) is 0 Å². The Balaban J connectivity index is 1.65. The molecule has 3 aromatic rings. The van der Waals surface area contributed by atoms with Crippen LogP contribution in [0.4, 0.5) is 5.69 Å². The van der Waals surface area contributed by atoms with Crippen LogP contribution >= 0.6 is 22.9 Å². The van der Waals surface area contributed by atoms with Crippen molar-refractivity contribution in [3.05, 3.63) is 73.6 Å². The van der Waals surface area contributed by atoms with E-state index in [4.69, 9.17) is 16.0 Å². The van der Waals surface area contributed by atoms with Crippen LogP contribution in [0.15, 0.2) is 47.2 Å². The van der Waals surface area contributed by atoms with Crippen molar-refractivity contribution in [2.24, 2.45) is 0 Å². The summed E-state index contributed by atoms with van der Waals surface area (Å²) in [5, 5.41) is 14.5. The highest BCUT2D eigenvalue weighted by Crippen LogP contribution is 2.22. The van der Waals surface area contributed by atoms with Crippen molar-refractivity contribution in [1.82, 2.24) is 9.78 Å². The number of thiophene rings is 1. The molecule has 0 aliphatic carbocycles. The number of carbonyl (C=O) groups excluding carboxylic acids is 1. The Morgan fingerprint density at radius 3 is 2.92 bits per heavy atom. The molecule has 0 N–H and O–H groups in total. The van der Waals surface area contributed by atoms with Gasteiger partial charge in [0.25, 0.3) is 0 Å². The Bertz CT molecular complexity index is 925. The Morgan fingerprint density at radius 2 is 2.25 bits per heavy atom. The van der Waals surface area contributed by atoms with E-state index in [0.29, 0.717) is 20.7 Å². The fraction of sp³-hybridized carbons (Fsp3) is 0.0667. The third-order valence-corrected chi connectivity index (χ3v) is 4.29. The molecule has 0 bridgehead atoms. The number of hydrogen-bond acceptors (Lipinski definition) is 6. The van der Waals surface area contributed by atoms with E-state index < -0.39 is 4.92 Å². The molecule has 0 fully saturated rings. The van der Waals surface area contributed by atoms with Gasteiger partial charge in [-0.15, -0.1) is 11.3 Å². The molecule has 0 atom stereocenters. The molecule has 3 heterocycles. The van der Waals surface area contributed by atoms with Crippen LogP contribution in [0.2, 0.25) is 4.34 Å². The van der Waals surface area contributed by atoms with E-state index >= 15 is 0 Å². The lowest BCUT2D eigenvalue weighted by molar-refractivity contribution is -0.385. The number of halogens is 1. The monoisotopic (exact) mass is 363 g/mol. The molecule has 0 spiro atoms. The van der Waals surface area contributed by atoms with Gasteiger partial charge in [0.05, 0.1) is 20.7 Å². The van der Waals surface area contributed by atoms with E-state index in [1.54, 1.807) is 30.3 Å². The van der Waals surface area contributed by atoms with E-state index in [0.717, 1.165) is 0 Å². The first-order valence-corrected chi connectivity index (χ1v) is 7.94. The van der Waals surface area contributed by atoms with Crippen molar-refractivity contribution in [2.45, 2.75) is 6.54 Å². The maximum atomic E-state index is 11.9. The van der Waals surface area contributed by atoms with E-state index in [9.17, 15) is 14.9 Å². The quantitative estimate of drug-likeness (QED) is 0.285. The Kier molecular flexibility index (Phi) is 4.59. The maximum Gasteiger partial charge on any atom is 0.307 e. The van der Waals surface area contributed by atoms with Crippen molar-refractivity contribution < 1.29 is 14.1 Å². The van der Waals surface area contributed by atoms with Crippen molar-refractivity contribution in [3.8, 4) is 0 Å². The van der Waals surface area contributed by atoms with Crippen LogP contribution < -0.4 is 0 Å². The molecule has 0 radical (unpaired) electrons. The van der Waals surface area contributed by atoms with Crippen molar-refractivity contribution in [1.29, 1.82) is 0 Å². The zero-order chi connectivity index (χ0) is 17.1. The second kappa shape index (κ2) is 6.81. The minimum absolute atomic E-state index is 0.0816. The number of hydrogen-bond donors (Lipinski definition) is 0. The number of carbonyl (C=O) groups is 1. The summed E-state index contributed by atoms with van der Waals surface area (Å²) < 4.78 is 7.52. The maximum absolute atomic E-state index is 11.9. The third-order valence-electron chi connectivity index (χ3n) is 3.05. The first-order chi connectivity index (χ1) is 11.5. The summed E-state index contributed by atoms with van der Waals surface area (Å²) >= 11 is 7.01. The summed E-state index contributed by atoms with van der Waals surface area (Å²) in [5.41, 5.74) is -0.0816. The third kappa shape index (κ3) is 3.79. The molecule has 0 aliphatic heterocycles. The van der Waals surface area contributed by atoms with Gasteiger partial charge >= 0.3 is 5.69 Å². The number of ketones is 1. The average molecular weight is 364 g/mol. The number of nitrogens with zero attached hydrogens (tertiary/aromatic N) is 3. The van der Waals surface area contributed by atoms with Gasteiger partial charge in [-0.05, 0) is 36.4 Å². The Morgan fingerprint density at radius 1 is 1.42 bits per heavy atom. The molecule has 0 aromatic carbocycles. The van der Waals surface area contributed by atoms with E-state index in [1.165, 1.54) is 34.5 Å². The van der Waals surface area contributed by atoms with Gasteiger partial charge < -0.3 is 4.42 Å². The minimum atomic E-state index is -0.512. The first-order valence-electron chi connectivity index (χ1n) is 6.74.